The van der Waals surface area contributed by atoms with Crippen LogP contribution < -0.4 is 0 Å². The zero-order valence-electron chi connectivity index (χ0n) is 17.4. The lowest BCUT2D eigenvalue weighted by molar-refractivity contribution is -0.331. The van der Waals surface area contributed by atoms with Crippen molar-refractivity contribution < 1.29 is 59.1 Å². The van der Waals surface area contributed by atoms with Crippen molar-refractivity contribution in [2.75, 3.05) is 26.4 Å². The second-order valence-electron chi connectivity index (χ2n) is 8.78. The summed E-state index contributed by atoms with van der Waals surface area (Å²) in [5, 5.41) is 54.6. The van der Waals surface area contributed by atoms with Crippen LogP contribution in [0, 0.1) is 0 Å². The Morgan fingerprint density at radius 1 is 0.833 bits per heavy atom. The smallest absolute Gasteiger partial charge is 0.224 e. The van der Waals surface area contributed by atoms with Crippen LogP contribution in [0.2, 0.25) is 0 Å². The topological polar surface area (TPSA) is 177 Å². The van der Waals surface area contributed by atoms with Gasteiger partial charge in [-0.3, -0.25) is 0 Å². The lowest BCUT2D eigenvalue weighted by atomic mass is 9.98. The summed E-state index contributed by atoms with van der Waals surface area (Å²) >= 11 is 0. The van der Waals surface area contributed by atoms with E-state index in [0.717, 1.165) is 0 Å². The molecule has 4 fully saturated rings. The molecule has 0 aromatic carbocycles. The molecule has 0 aromatic rings. The Morgan fingerprint density at radius 3 is 2.10 bits per heavy atom. The molecule has 30 heavy (non-hydrogen) atoms. The molecular formula is C18H32O12. The van der Waals surface area contributed by atoms with Crippen LogP contribution in [0.1, 0.15) is 27.7 Å². The molecule has 4 aliphatic heterocycles. The van der Waals surface area contributed by atoms with Crippen molar-refractivity contribution in [1.29, 1.82) is 0 Å². The van der Waals surface area contributed by atoms with Crippen LogP contribution in [0.3, 0.4) is 0 Å². The molecule has 0 unspecified atom stereocenters. The fraction of sp³-hybridized carbons (Fsp3) is 1.00. The average molecular weight is 440 g/mol. The predicted molar refractivity (Wildman–Crippen MR) is 95.6 cm³/mol. The molecule has 0 spiro atoms. The van der Waals surface area contributed by atoms with Crippen molar-refractivity contribution >= 4 is 0 Å². The predicted octanol–water partition coefficient (Wildman–Crippen LogP) is -2.84. The van der Waals surface area contributed by atoms with E-state index in [1.54, 1.807) is 13.8 Å². The van der Waals surface area contributed by atoms with E-state index in [-0.39, 0.29) is 25.4 Å². The van der Waals surface area contributed by atoms with Gasteiger partial charge in [-0.25, -0.2) is 0 Å². The first-order chi connectivity index (χ1) is 13.8. The van der Waals surface area contributed by atoms with Gasteiger partial charge in [0.2, 0.25) is 11.6 Å². The van der Waals surface area contributed by atoms with Gasteiger partial charge in [-0.2, -0.15) is 0 Å². The summed E-state index contributed by atoms with van der Waals surface area (Å²) in [5.41, 5.74) is 0. The number of hydrogen-bond acceptors (Lipinski definition) is 12. The average Bonchev–Trinajstić information content (AvgIpc) is 3.15. The molecule has 8 atom stereocenters. The summed E-state index contributed by atoms with van der Waals surface area (Å²) in [6.07, 6.45) is -5.42. The van der Waals surface area contributed by atoms with Crippen LogP contribution in [0.5, 0.6) is 0 Å². The SMILES string of the molecule is CC1(C)O[C@@H]2[C@@H](CO[C@@]3(CO)OC(C)(C)O[C@@H]23)O1.OC[C@@]1(O)OC[C@@H](O)[C@@H](O)[C@@H]1O. The molecule has 4 rings (SSSR count). The lowest BCUT2D eigenvalue weighted by Gasteiger charge is -2.40. The van der Waals surface area contributed by atoms with E-state index in [2.05, 4.69) is 4.74 Å². The summed E-state index contributed by atoms with van der Waals surface area (Å²) < 4.78 is 33.4. The van der Waals surface area contributed by atoms with Gasteiger partial charge >= 0.3 is 0 Å². The van der Waals surface area contributed by atoms with Gasteiger partial charge in [0.05, 0.1) is 19.8 Å². The molecule has 0 bridgehead atoms. The Bertz CT molecular complexity index is 614. The van der Waals surface area contributed by atoms with Crippen LogP contribution >= 0.6 is 0 Å². The maximum atomic E-state index is 9.61. The molecule has 0 aromatic heterocycles. The van der Waals surface area contributed by atoms with Crippen LogP contribution in [0.4, 0.5) is 0 Å². The highest BCUT2D eigenvalue weighted by Gasteiger charge is 2.65. The first-order valence-electron chi connectivity index (χ1n) is 9.78. The number of rotatable bonds is 2. The molecule has 0 saturated carbocycles. The summed E-state index contributed by atoms with van der Waals surface area (Å²) in [5.74, 6) is -4.79. The monoisotopic (exact) mass is 440 g/mol. The molecule has 0 amide bonds. The Kier molecular flexibility index (Phi) is 6.56. The van der Waals surface area contributed by atoms with Gasteiger partial charge in [-0.1, -0.05) is 0 Å². The van der Waals surface area contributed by atoms with Crippen molar-refractivity contribution in [3.63, 3.8) is 0 Å². The van der Waals surface area contributed by atoms with Crippen LogP contribution in [0.15, 0.2) is 0 Å². The first-order valence-corrected chi connectivity index (χ1v) is 9.78. The lowest BCUT2D eigenvalue weighted by Crippen LogP contribution is -2.62. The van der Waals surface area contributed by atoms with E-state index in [0.29, 0.717) is 6.61 Å². The minimum atomic E-state index is -2.17. The molecule has 4 heterocycles. The fourth-order valence-electron chi connectivity index (χ4n) is 3.99. The van der Waals surface area contributed by atoms with Crippen molar-refractivity contribution in [3.8, 4) is 0 Å². The normalized spacial score (nSPS) is 49.0. The van der Waals surface area contributed by atoms with Gasteiger partial charge in [0.15, 0.2) is 11.6 Å². The van der Waals surface area contributed by atoms with Crippen molar-refractivity contribution in [3.05, 3.63) is 0 Å². The Hall–Kier alpha value is -0.480. The van der Waals surface area contributed by atoms with Gasteiger partial charge in [0.25, 0.3) is 0 Å². The highest BCUT2D eigenvalue weighted by Crippen LogP contribution is 2.47. The van der Waals surface area contributed by atoms with Crippen molar-refractivity contribution in [2.24, 2.45) is 0 Å². The zero-order valence-corrected chi connectivity index (χ0v) is 17.4. The molecule has 4 saturated heterocycles. The number of aliphatic hydroxyl groups excluding tert-OH is 5. The number of fused-ring (bicyclic) bond motifs is 3. The minimum absolute atomic E-state index is 0.192. The molecule has 0 aliphatic carbocycles. The molecular weight excluding hydrogens is 408 g/mol. The van der Waals surface area contributed by atoms with Gasteiger partial charge < -0.3 is 59.1 Å². The molecule has 0 radical (unpaired) electrons. The van der Waals surface area contributed by atoms with E-state index in [1.807, 2.05) is 13.8 Å². The van der Waals surface area contributed by atoms with E-state index < -0.39 is 54.2 Å². The molecule has 12 nitrogen and oxygen atoms in total. The molecule has 176 valence electrons. The van der Waals surface area contributed by atoms with Crippen molar-refractivity contribution in [2.45, 2.75) is 87.5 Å². The number of ether oxygens (including phenoxy) is 6. The third-order valence-electron chi connectivity index (χ3n) is 5.41. The quantitative estimate of drug-likeness (QED) is 0.260. The van der Waals surface area contributed by atoms with Gasteiger partial charge in [0.1, 0.15) is 43.2 Å². The fourth-order valence-corrected chi connectivity index (χ4v) is 3.99. The Morgan fingerprint density at radius 2 is 1.50 bits per heavy atom. The first kappa shape index (κ1) is 24.2. The molecule has 12 heteroatoms. The minimum Gasteiger partial charge on any atom is -0.391 e. The van der Waals surface area contributed by atoms with E-state index >= 15 is 0 Å². The summed E-state index contributed by atoms with van der Waals surface area (Å²) in [6, 6.07) is 0. The standard InChI is InChI=1S/C12H20O6.C6H12O6/c1-10(2)15-7-5-14-12(6-13)9(8(7)16-10)17-11(3,4)18-12;7-2-6(11)5(10)4(9)3(8)1-12-6/h7-9,13H,5-6H2,1-4H3;3-5,7-11H,1-2H2/t7-,8-,9+,12+;3-,4-,5+,6-/m11/s1. The van der Waals surface area contributed by atoms with Crippen LogP contribution in [0.25, 0.3) is 0 Å². The van der Waals surface area contributed by atoms with E-state index in [1.165, 1.54) is 0 Å². The van der Waals surface area contributed by atoms with Crippen LogP contribution in [-0.4, -0.2) is 117 Å². The van der Waals surface area contributed by atoms with Crippen LogP contribution in [-0.2, 0) is 28.4 Å². The van der Waals surface area contributed by atoms with E-state index in [9.17, 15) is 10.2 Å². The third-order valence-corrected chi connectivity index (χ3v) is 5.41. The van der Waals surface area contributed by atoms with Crippen molar-refractivity contribution in [1.82, 2.24) is 0 Å². The summed E-state index contributed by atoms with van der Waals surface area (Å²) in [6.45, 7) is 6.19. The second-order valence-corrected chi connectivity index (χ2v) is 8.78. The van der Waals surface area contributed by atoms with Gasteiger partial charge in [-0.15, -0.1) is 0 Å². The Labute approximate surface area is 173 Å². The maximum absolute atomic E-state index is 9.61. The largest absolute Gasteiger partial charge is 0.391 e. The molecule has 6 N–H and O–H groups in total. The highest BCUT2D eigenvalue weighted by atomic mass is 16.9. The summed E-state index contributed by atoms with van der Waals surface area (Å²) in [4.78, 5) is 0. The number of hydrogen-bond donors (Lipinski definition) is 6. The highest BCUT2D eigenvalue weighted by molar-refractivity contribution is 5.03. The summed E-state index contributed by atoms with van der Waals surface area (Å²) in [7, 11) is 0. The zero-order chi connectivity index (χ0) is 22.5. The third kappa shape index (κ3) is 4.37. The van der Waals surface area contributed by atoms with E-state index in [4.69, 9.17) is 44.1 Å². The van der Waals surface area contributed by atoms with Gasteiger partial charge in [0, 0.05) is 0 Å². The maximum Gasteiger partial charge on any atom is 0.224 e. The number of aliphatic hydroxyl groups is 6. The Balaban J connectivity index is 0.000000187. The molecule has 4 aliphatic rings. The van der Waals surface area contributed by atoms with Gasteiger partial charge in [-0.05, 0) is 27.7 Å². The second kappa shape index (κ2) is 8.14.